The number of benzene rings is 2. The Hall–Kier alpha value is -3.56. The van der Waals surface area contributed by atoms with Gasteiger partial charge in [0.25, 0.3) is 10.0 Å². The molecule has 1 aromatic heterocycles. The zero-order chi connectivity index (χ0) is 24.7. The van der Waals surface area contributed by atoms with Gasteiger partial charge in [0.2, 0.25) is 11.8 Å². The summed E-state index contributed by atoms with van der Waals surface area (Å²) in [4.78, 5) is 19.9. The van der Waals surface area contributed by atoms with Crippen molar-refractivity contribution in [2.24, 2.45) is 0 Å². The summed E-state index contributed by atoms with van der Waals surface area (Å²) in [5.74, 6) is 0.159. The predicted octanol–water partition coefficient (Wildman–Crippen LogP) is 4.31. The zero-order valence-electron chi connectivity index (χ0n) is 19.5. The van der Waals surface area contributed by atoms with E-state index in [1.54, 1.807) is 6.07 Å². The van der Waals surface area contributed by atoms with Gasteiger partial charge >= 0.3 is 0 Å². The Balaban J connectivity index is 1.76. The van der Waals surface area contributed by atoms with Crippen molar-refractivity contribution < 1.29 is 17.9 Å². The first-order chi connectivity index (χ1) is 17.0. The highest BCUT2D eigenvalue weighted by Gasteiger charge is 2.19. The van der Waals surface area contributed by atoms with Gasteiger partial charge in [0.1, 0.15) is 12.9 Å². The van der Waals surface area contributed by atoms with Crippen LogP contribution in [0.3, 0.4) is 0 Å². The van der Waals surface area contributed by atoms with Crippen LogP contribution in [0.2, 0.25) is 0 Å². The van der Waals surface area contributed by atoms with E-state index in [2.05, 4.69) is 32.2 Å². The van der Waals surface area contributed by atoms with Crippen LogP contribution in [-0.4, -0.2) is 44.4 Å². The van der Waals surface area contributed by atoms with E-state index in [0.29, 0.717) is 18.6 Å². The number of allylic oxidation sites excluding steroid dienone is 1. The van der Waals surface area contributed by atoms with E-state index in [4.69, 9.17) is 4.74 Å². The molecule has 35 heavy (non-hydrogen) atoms. The number of anilines is 1. The topological polar surface area (TPSA) is 110 Å². The van der Waals surface area contributed by atoms with Gasteiger partial charge in [-0.3, -0.25) is 4.79 Å². The first-order valence-electron chi connectivity index (χ1n) is 11.5. The molecule has 1 aliphatic heterocycles. The number of carbonyl (C=O) groups is 1. The number of fused-ring (bicyclic) bond motifs is 4. The molecule has 0 fully saturated rings. The number of aldehydes is 1. The second-order valence-electron chi connectivity index (χ2n) is 8.28. The summed E-state index contributed by atoms with van der Waals surface area (Å²) in [6, 6.07) is 15.4. The lowest BCUT2D eigenvalue weighted by Crippen LogP contribution is -2.31. The molecule has 0 aliphatic carbocycles. The fourth-order valence-corrected chi connectivity index (χ4v) is 4.85. The predicted molar refractivity (Wildman–Crippen MR) is 136 cm³/mol. The number of sulfonamides is 1. The Labute approximate surface area is 205 Å². The number of likely N-dealkylation sites (N-methyl/N-ethyl adjacent to an activating group) is 1. The number of ether oxygens (including phenoxy) is 1. The van der Waals surface area contributed by atoms with Crippen molar-refractivity contribution in [2.75, 3.05) is 18.4 Å². The number of hydrogen-bond acceptors (Lipinski definition) is 7. The molecule has 1 aliphatic rings. The number of carbonyl (C=O) groups excluding carboxylic acids is 1. The Kier molecular flexibility index (Phi) is 7.89. The second kappa shape index (κ2) is 11.2. The number of rotatable bonds is 5. The largest absolute Gasteiger partial charge is 0.476 e. The molecule has 0 amide bonds. The van der Waals surface area contributed by atoms with Crippen LogP contribution >= 0.6 is 0 Å². The second-order valence-corrected chi connectivity index (χ2v) is 9.96. The quantitative estimate of drug-likeness (QED) is 0.511. The lowest BCUT2D eigenvalue weighted by atomic mass is 10.0. The molecule has 0 saturated heterocycles. The Bertz CT molecular complexity index is 1320. The van der Waals surface area contributed by atoms with Gasteiger partial charge in [0.15, 0.2) is 0 Å². The van der Waals surface area contributed by atoms with E-state index in [1.165, 1.54) is 24.3 Å². The summed E-state index contributed by atoms with van der Waals surface area (Å²) in [6.45, 7) is 0.387. The lowest BCUT2D eigenvalue weighted by molar-refractivity contribution is 0.112. The highest BCUT2D eigenvalue weighted by atomic mass is 32.2. The molecule has 2 N–H and O–H groups in total. The van der Waals surface area contributed by atoms with Crippen LogP contribution in [0, 0.1) is 0 Å². The van der Waals surface area contributed by atoms with Gasteiger partial charge < -0.3 is 10.1 Å². The fourth-order valence-electron chi connectivity index (χ4n) is 3.85. The van der Waals surface area contributed by atoms with Crippen molar-refractivity contribution in [3.05, 3.63) is 71.8 Å². The maximum atomic E-state index is 13.0. The van der Waals surface area contributed by atoms with Crippen LogP contribution in [0.15, 0.2) is 65.6 Å². The van der Waals surface area contributed by atoms with Gasteiger partial charge in [-0.05, 0) is 44.0 Å². The zero-order valence-corrected chi connectivity index (χ0v) is 20.3. The van der Waals surface area contributed by atoms with E-state index in [0.717, 1.165) is 36.8 Å². The summed E-state index contributed by atoms with van der Waals surface area (Å²) in [6.07, 6.45) is 8.86. The third kappa shape index (κ3) is 6.32. The maximum absolute atomic E-state index is 13.0. The number of nitrogens with zero attached hydrogens (tertiary/aromatic N) is 2. The minimum atomic E-state index is -4.03. The molecule has 0 unspecified atom stereocenters. The van der Waals surface area contributed by atoms with Crippen molar-refractivity contribution >= 4 is 28.3 Å². The van der Waals surface area contributed by atoms with Gasteiger partial charge in [0, 0.05) is 23.2 Å². The smallest absolute Gasteiger partial charge is 0.264 e. The van der Waals surface area contributed by atoms with E-state index in [1.807, 2.05) is 31.3 Å². The highest BCUT2D eigenvalue weighted by molar-refractivity contribution is 7.92. The van der Waals surface area contributed by atoms with Crippen LogP contribution < -0.4 is 14.8 Å². The van der Waals surface area contributed by atoms with E-state index in [-0.39, 0.29) is 28.3 Å². The summed E-state index contributed by atoms with van der Waals surface area (Å²) in [5.41, 5.74) is 2.59. The summed E-state index contributed by atoms with van der Waals surface area (Å²) in [7, 11) is -2.14. The molecule has 0 spiro atoms. The molecule has 3 aromatic rings. The van der Waals surface area contributed by atoms with Gasteiger partial charge in [-0.15, -0.1) is 0 Å². The SMILES string of the molecule is CN[C@@H]1CCCC/C=C/c2ccccc2-c2cc(nc(NS(=O)(=O)c3cccc(C=O)c3)n2)OC1. The molecule has 2 aromatic carbocycles. The number of aromatic nitrogens is 2. The average molecular weight is 493 g/mol. The average Bonchev–Trinajstić information content (AvgIpc) is 2.87. The third-order valence-corrected chi connectivity index (χ3v) is 7.11. The Morgan fingerprint density at radius 2 is 1.91 bits per heavy atom. The number of nitrogens with one attached hydrogen (secondary N) is 2. The summed E-state index contributed by atoms with van der Waals surface area (Å²) >= 11 is 0. The third-order valence-electron chi connectivity index (χ3n) is 5.78. The van der Waals surface area contributed by atoms with E-state index in [9.17, 15) is 13.2 Å². The molecular formula is C26H28N4O4S. The van der Waals surface area contributed by atoms with E-state index < -0.39 is 10.0 Å². The normalized spacial score (nSPS) is 17.3. The number of hydrogen-bond donors (Lipinski definition) is 2. The summed E-state index contributed by atoms with van der Waals surface area (Å²) in [5, 5.41) is 3.27. The van der Waals surface area contributed by atoms with Crippen LogP contribution in [0.1, 0.15) is 41.6 Å². The maximum Gasteiger partial charge on any atom is 0.264 e. The standard InChI is InChI=1S/C26H28N4O4S/c1-27-21-12-5-3-2-4-10-20-11-6-7-14-23(20)24-16-25(34-18-21)29-26(28-24)30-35(32,33)22-13-8-9-19(15-22)17-31/h4,6-11,13-17,21,27H,2-3,5,12,18H2,1H3,(H,28,29,30)/b10-4+/t21-/m1/s1. The molecule has 2 heterocycles. The minimum Gasteiger partial charge on any atom is -0.476 e. The minimum absolute atomic E-state index is 0.0562. The lowest BCUT2D eigenvalue weighted by Gasteiger charge is -2.18. The van der Waals surface area contributed by atoms with E-state index >= 15 is 0 Å². The molecule has 2 bridgehead atoms. The monoisotopic (exact) mass is 492 g/mol. The van der Waals surface area contributed by atoms with Crippen LogP contribution in [0.4, 0.5) is 5.95 Å². The molecular weight excluding hydrogens is 464 g/mol. The molecule has 0 saturated carbocycles. The molecule has 9 heteroatoms. The molecule has 1 atom stereocenters. The van der Waals surface area contributed by atoms with Gasteiger partial charge in [0.05, 0.1) is 10.6 Å². The molecule has 8 nitrogen and oxygen atoms in total. The van der Waals surface area contributed by atoms with Crippen LogP contribution in [-0.2, 0) is 10.0 Å². The molecule has 4 rings (SSSR count). The van der Waals surface area contributed by atoms with Crippen molar-refractivity contribution in [1.29, 1.82) is 0 Å². The Morgan fingerprint density at radius 1 is 1.06 bits per heavy atom. The van der Waals surface area contributed by atoms with Gasteiger partial charge in [-0.25, -0.2) is 18.1 Å². The fraction of sp³-hybridized carbons (Fsp3) is 0.269. The van der Waals surface area contributed by atoms with Gasteiger partial charge in [-0.2, -0.15) is 4.98 Å². The highest BCUT2D eigenvalue weighted by Crippen LogP contribution is 2.28. The van der Waals surface area contributed by atoms with Crippen molar-refractivity contribution in [3.63, 3.8) is 0 Å². The van der Waals surface area contributed by atoms with Crippen LogP contribution in [0.25, 0.3) is 17.3 Å². The van der Waals surface area contributed by atoms with Crippen molar-refractivity contribution in [1.82, 2.24) is 15.3 Å². The molecule has 182 valence electrons. The van der Waals surface area contributed by atoms with Crippen molar-refractivity contribution in [3.8, 4) is 17.1 Å². The van der Waals surface area contributed by atoms with Gasteiger partial charge in [-0.1, -0.05) is 55.0 Å². The first kappa shape index (κ1) is 24.6. The Morgan fingerprint density at radius 3 is 2.74 bits per heavy atom. The molecule has 0 radical (unpaired) electrons. The van der Waals surface area contributed by atoms with Crippen LogP contribution in [0.5, 0.6) is 5.88 Å². The summed E-state index contributed by atoms with van der Waals surface area (Å²) < 4.78 is 34.5. The first-order valence-corrected chi connectivity index (χ1v) is 13.0. The van der Waals surface area contributed by atoms with Crippen molar-refractivity contribution in [2.45, 2.75) is 36.6 Å².